The number of sulfonamides is 1. The van der Waals surface area contributed by atoms with Crippen LogP contribution in [0.1, 0.15) is 18.2 Å². The van der Waals surface area contributed by atoms with Crippen LogP contribution in [0.4, 0.5) is 0 Å². The summed E-state index contributed by atoms with van der Waals surface area (Å²) >= 11 is 0. The number of hydrogen-bond donors (Lipinski definition) is 0. The molecule has 0 radical (unpaired) electrons. The fourth-order valence-corrected chi connectivity index (χ4v) is 4.07. The van der Waals surface area contributed by atoms with Gasteiger partial charge in [0, 0.05) is 37.0 Å². The number of hydrogen-bond acceptors (Lipinski definition) is 5. The summed E-state index contributed by atoms with van der Waals surface area (Å²) in [5.41, 5.74) is 1.77. The Morgan fingerprint density at radius 1 is 1.32 bits per heavy atom. The van der Waals surface area contributed by atoms with Gasteiger partial charge in [0.2, 0.25) is 10.0 Å². The molecule has 7 heteroatoms. The van der Waals surface area contributed by atoms with Crippen molar-refractivity contribution in [2.75, 3.05) is 13.2 Å². The molecule has 0 bridgehead atoms. The first-order chi connectivity index (χ1) is 10.6. The van der Waals surface area contributed by atoms with Gasteiger partial charge in [0.05, 0.1) is 6.61 Å². The Labute approximate surface area is 129 Å². The molecular weight excluding hydrogens is 302 g/mol. The molecule has 116 valence electrons. The number of para-hydroxylation sites is 1. The van der Waals surface area contributed by atoms with Crippen LogP contribution in [0, 0.1) is 0 Å². The summed E-state index contributed by atoms with van der Waals surface area (Å²) in [5.74, 6) is 0.389. The van der Waals surface area contributed by atoms with Crippen molar-refractivity contribution in [3.05, 3.63) is 48.0 Å². The fraction of sp³-hybridized carbons (Fsp3) is 0.333. The molecule has 0 saturated heterocycles. The molecule has 2 aromatic rings. The highest BCUT2D eigenvalue weighted by Gasteiger charge is 2.31. The van der Waals surface area contributed by atoms with E-state index in [4.69, 9.17) is 4.74 Å². The molecule has 1 aromatic carbocycles. The average molecular weight is 319 g/mol. The SMILES string of the molecule is CCOc1ccccc1S(=O)(=O)N1CCc2ncncc2C1. The van der Waals surface area contributed by atoms with E-state index >= 15 is 0 Å². The lowest BCUT2D eigenvalue weighted by Crippen LogP contribution is -2.36. The van der Waals surface area contributed by atoms with E-state index in [2.05, 4.69) is 9.97 Å². The van der Waals surface area contributed by atoms with Gasteiger partial charge in [-0.2, -0.15) is 4.31 Å². The molecule has 0 saturated carbocycles. The zero-order valence-corrected chi connectivity index (χ0v) is 13.1. The van der Waals surface area contributed by atoms with Crippen LogP contribution in [0.2, 0.25) is 0 Å². The molecule has 0 aliphatic carbocycles. The summed E-state index contributed by atoms with van der Waals surface area (Å²) < 4.78 is 32.7. The molecule has 2 heterocycles. The lowest BCUT2D eigenvalue weighted by atomic mass is 10.1. The van der Waals surface area contributed by atoms with Gasteiger partial charge in [0.1, 0.15) is 17.0 Å². The summed E-state index contributed by atoms with van der Waals surface area (Å²) in [6.45, 7) is 2.95. The van der Waals surface area contributed by atoms with Crippen LogP contribution in [0.5, 0.6) is 5.75 Å². The van der Waals surface area contributed by atoms with Gasteiger partial charge in [-0.25, -0.2) is 18.4 Å². The van der Waals surface area contributed by atoms with Crippen LogP contribution in [0.15, 0.2) is 41.7 Å². The van der Waals surface area contributed by atoms with E-state index in [0.717, 1.165) is 11.3 Å². The number of nitrogens with zero attached hydrogens (tertiary/aromatic N) is 3. The van der Waals surface area contributed by atoms with Gasteiger partial charge in [-0.1, -0.05) is 12.1 Å². The average Bonchev–Trinajstić information content (AvgIpc) is 2.55. The Balaban J connectivity index is 1.95. The number of rotatable bonds is 4. The zero-order chi connectivity index (χ0) is 15.6. The standard InChI is InChI=1S/C15H17N3O3S/c1-2-21-14-5-3-4-6-15(14)22(19,20)18-8-7-13-12(10-18)9-16-11-17-13/h3-6,9,11H,2,7-8,10H2,1H3. The highest BCUT2D eigenvalue weighted by Crippen LogP contribution is 2.29. The van der Waals surface area contributed by atoms with Gasteiger partial charge in [-0.15, -0.1) is 0 Å². The summed E-state index contributed by atoms with van der Waals surface area (Å²) in [5, 5.41) is 0. The van der Waals surface area contributed by atoms with Crippen LogP contribution in [-0.2, 0) is 23.0 Å². The second kappa shape index (κ2) is 6.02. The van der Waals surface area contributed by atoms with Gasteiger partial charge < -0.3 is 4.74 Å². The summed E-state index contributed by atoms with van der Waals surface area (Å²) in [6.07, 6.45) is 3.76. The smallest absolute Gasteiger partial charge is 0.247 e. The third kappa shape index (κ3) is 2.69. The van der Waals surface area contributed by atoms with Crippen LogP contribution in [-0.4, -0.2) is 35.8 Å². The maximum absolute atomic E-state index is 12.9. The maximum atomic E-state index is 12.9. The molecule has 0 N–H and O–H groups in total. The van der Waals surface area contributed by atoms with E-state index < -0.39 is 10.0 Å². The minimum Gasteiger partial charge on any atom is -0.492 e. The van der Waals surface area contributed by atoms with Crippen molar-refractivity contribution < 1.29 is 13.2 Å². The molecule has 3 rings (SSSR count). The second-order valence-electron chi connectivity index (χ2n) is 4.96. The third-order valence-corrected chi connectivity index (χ3v) is 5.48. The van der Waals surface area contributed by atoms with E-state index in [1.54, 1.807) is 30.5 Å². The largest absolute Gasteiger partial charge is 0.492 e. The topological polar surface area (TPSA) is 72.4 Å². The van der Waals surface area contributed by atoms with Crippen molar-refractivity contribution in [1.29, 1.82) is 0 Å². The van der Waals surface area contributed by atoms with Crippen LogP contribution in [0.3, 0.4) is 0 Å². The van der Waals surface area contributed by atoms with Crippen molar-refractivity contribution in [3.8, 4) is 5.75 Å². The molecular formula is C15H17N3O3S. The highest BCUT2D eigenvalue weighted by atomic mass is 32.2. The molecule has 0 unspecified atom stereocenters. The molecule has 22 heavy (non-hydrogen) atoms. The molecule has 0 amide bonds. The van der Waals surface area contributed by atoms with Crippen LogP contribution < -0.4 is 4.74 Å². The zero-order valence-electron chi connectivity index (χ0n) is 12.3. The first-order valence-electron chi connectivity index (χ1n) is 7.12. The lowest BCUT2D eigenvalue weighted by molar-refractivity contribution is 0.327. The van der Waals surface area contributed by atoms with Gasteiger partial charge in [0.15, 0.2) is 0 Å². The molecule has 1 aliphatic heterocycles. The van der Waals surface area contributed by atoms with Gasteiger partial charge >= 0.3 is 0 Å². The lowest BCUT2D eigenvalue weighted by Gasteiger charge is -2.27. The summed E-state index contributed by atoms with van der Waals surface area (Å²) in [7, 11) is -3.60. The van der Waals surface area contributed by atoms with Crippen molar-refractivity contribution in [2.24, 2.45) is 0 Å². The van der Waals surface area contributed by atoms with E-state index in [1.807, 2.05) is 6.92 Å². The minimum atomic E-state index is -3.60. The number of aromatic nitrogens is 2. The maximum Gasteiger partial charge on any atom is 0.247 e. The fourth-order valence-electron chi connectivity index (χ4n) is 2.52. The Kier molecular flexibility index (Phi) is 4.08. The van der Waals surface area contributed by atoms with E-state index in [9.17, 15) is 8.42 Å². The Bertz CT molecular complexity index is 777. The van der Waals surface area contributed by atoms with Crippen molar-refractivity contribution in [3.63, 3.8) is 0 Å². The summed E-state index contributed by atoms with van der Waals surface area (Å²) in [6, 6.07) is 6.73. The molecule has 1 aliphatic rings. The van der Waals surface area contributed by atoms with E-state index in [1.165, 1.54) is 10.6 Å². The van der Waals surface area contributed by atoms with E-state index in [0.29, 0.717) is 31.9 Å². The predicted octanol–water partition coefficient (Wildman–Crippen LogP) is 1.62. The highest BCUT2D eigenvalue weighted by molar-refractivity contribution is 7.89. The molecule has 0 spiro atoms. The van der Waals surface area contributed by atoms with E-state index in [-0.39, 0.29) is 4.90 Å². The first kappa shape index (κ1) is 14.9. The molecule has 0 atom stereocenters. The molecule has 0 fully saturated rings. The molecule has 6 nitrogen and oxygen atoms in total. The van der Waals surface area contributed by atoms with Crippen molar-refractivity contribution >= 4 is 10.0 Å². The van der Waals surface area contributed by atoms with Gasteiger partial charge in [-0.3, -0.25) is 0 Å². The third-order valence-electron chi connectivity index (χ3n) is 3.59. The minimum absolute atomic E-state index is 0.206. The normalized spacial score (nSPS) is 15.3. The Morgan fingerprint density at radius 2 is 2.14 bits per heavy atom. The second-order valence-corrected chi connectivity index (χ2v) is 6.87. The number of fused-ring (bicyclic) bond motifs is 1. The first-order valence-corrected chi connectivity index (χ1v) is 8.56. The Hall–Kier alpha value is -1.99. The number of benzene rings is 1. The van der Waals surface area contributed by atoms with Crippen LogP contribution >= 0.6 is 0 Å². The quantitative estimate of drug-likeness (QED) is 0.856. The summed E-state index contributed by atoms with van der Waals surface area (Å²) in [4.78, 5) is 8.38. The molecule has 1 aromatic heterocycles. The predicted molar refractivity (Wildman–Crippen MR) is 80.9 cm³/mol. The van der Waals surface area contributed by atoms with Crippen LogP contribution in [0.25, 0.3) is 0 Å². The van der Waals surface area contributed by atoms with Gasteiger partial charge in [-0.05, 0) is 19.1 Å². The Morgan fingerprint density at radius 3 is 2.95 bits per heavy atom. The monoisotopic (exact) mass is 319 g/mol. The number of ether oxygens (including phenoxy) is 1. The van der Waals surface area contributed by atoms with Crippen molar-refractivity contribution in [1.82, 2.24) is 14.3 Å². The van der Waals surface area contributed by atoms with Gasteiger partial charge in [0.25, 0.3) is 0 Å². The van der Waals surface area contributed by atoms with Crippen molar-refractivity contribution in [2.45, 2.75) is 24.8 Å².